The van der Waals surface area contributed by atoms with Gasteiger partial charge in [-0.2, -0.15) is 5.10 Å². The van der Waals surface area contributed by atoms with E-state index in [2.05, 4.69) is 20.7 Å². The van der Waals surface area contributed by atoms with Gasteiger partial charge in [0.1, 0.15) is 16.5 Å². The van der Waals surface area contributed by atoms with Crippen LogP contribution in [-0.4, -0.2) is 55.0 Å². The number of hydrogen-bond donors (Lipinski definition) is 2. The zero-order valence-electron chi connectivity index (χ0n) is 26.0. The Labute approximate surface area is 276 Å². The third-order valence-electron chi connectivity index (χ3n) is 7.97. The molecule has 0 radical (unpaired) electrons. The number of urea groups is 1. The first-order valence-corrected chi connectivity index (χ1v) is 16.0. The number of anilines is 1. The van der Waals surface area contributed by atoms with Crippen molar-refractivity contribution in [2.75, 3.05) is 19.4 Å². The first-order chi connectivity index (χ1) is 23.2. The highest BCUT2D eigenvalue weighted by Crippen LogP contribution is 2.38. The number of amides is 2. The van der Waals surface area contributed by atoms with Crippen LogP contribution in [0, 0.1) is 11.6 Å². The molecule has 1 saturated carbocycles. The number of pyridine rings is 1. The number of halogens is 2. The molecule has 2 N–H and O–H groups in total. The number of rotatable bonds is 9. The Hall–Kier alpha value is -5.47. The van der Waals surface area contributed by atoms with Crippen molar-refractivity contribution in [3.63, 3.8) is 0 Å². The molecule has 6 aromatic rings. The van der Waals surface area contributed by atoms with Crippen LogP contribution in [0.15, 0.2) is 88.8 Å². The lowest BCUT2D eigenvalue weighted by molar-refractivity contribution is 0.251. The second-order valence-electron chi connectivity index (χ2n) is 11.8. The van der Waals surface area contributed by atoms with Crippen LogP contribution in [0.5, 0.6) is 0 Å². The fraction of sp³-hybridized carbons (Fsp3) is 0.206. The molecule has 0 atom stereocenters. The molecule has 2 aromatic carbocycles. The van der Waals surface area contributed by atoms with E-state index in [0.717, 1.165) is 35.1 Å². The maximum Gasteiger partial charge on any atom is 0.337 e. The Balaban J connectivity index is 1.41. The summed E-state index contributed by atoms with van der Waals surface area (Å²) in [6, 6.07) is 15.6. The lowest BCUT2D eigenvalue weighted by atomic mass is 10.1. The molecule has 244 valence electrons. The summed E-state index contributed by atoms with van der Waals surface area (Å²) in [5.41, 5.74) is 0.518. The topological polar surface area (TPSA) is 119 Å². The van der Waals surface area contributed by atoms with Gasteiger partial charge in [0.05, 0.1) is 23.8 Å². The van der Waals surface area contributed by atoms with E-state index in [4.69, 9.17) is 0 Å². The lowest BCUT2D eigenvalue weighted by Crippen LogP contribution is -2.39. The molecule has 14 heteroatoms. The van der Waals surface area contributed by atoms with Gasteiger partial charge in [-0.15, -0.1) is 11.3 Å². The summed E-state index contributed by atoms with van der Waals surface area (Å²) >= 11 is 1.20. The van der Waals surface area contributed by atoms with Gasteiger partial charge in [0.2, 0.25) is 0 Å². The third kappa shape index (κ3) is 6.02. The van der Waals surface area contributed by atoms with Crippen molar-refractivity contribution in [2.45, 2.75) is 32.0 Å². The van der Waals surface area contributed by atoms with E-state index in [1.54, 1.807) is 42.7 Å². The highest BCUT2D eigenvalue weighted by molar-refractivity contribution is 7.22. The number of thiophene rings is 1. The van der Waals surface area contributed by atoms with Gasteiger partial charge in [-0.05, 0) is 80.5 Å². The molecule has 0 saturated heterocycles. The summed E-state index contributed by atoms with van der Waals surface area (Å²) in [6.07, 6.45) is 6.64. The number of aromatic nitrogens is 5. The minimum atomic E-state index is -0.808. The second-order valence-corrected chi connectivity index (χ2v) is 12.8. The van der Waals surface area contributed by atoms with E-state index in [1.165, 1.54) is 32.8 Å². The molecule has 1 fully saturated rings. The summed E-state index contributed by atoms with van der Waals surface area (Å²) < 4.78 is 33.8. The number of carbonyl (C=O) groups is 1. The van der Waals surface area contributed by atoms with Crippen molar-refractivity contribution in [1.82, 2.24) is 34.1 Å². The summed E-state index contributed by atoms with van der Waals surface area (Å²) in [6.45, 7) is -0.121. The van der Waals surface area contributed by atoms with E-state index in [9.17, 15) is 23.2 Å². The molecule has 48 heavy (non-hydrogen) atoms. The minimum Gasteiger partial charge on any atom is -0.335 e. The number of benzene rings is 2. The fourth-order valence-electron chi connectivity index (χ4n) is 5.51. The van der Waals surface area contributed by atoms with Crippen molar-refractivity contribution in [3.8, 4) is 21.9 Å². The van der Waals surface area contributed by atoms with Gasteiger partial charge >= 0.3 is 11.7 Å². The van der Waals surface area contributed by atoms with Crippen LogP contribution in [0.4, 0.5) is 19.3 Å². The highest BCUT2D eigenvalue weighted by Gasteiger charge is 2.26. The molecule has 4 heterocycles. The van der Waals surface area contributed by atoms with Crippen molar-refractivity contribution in [3.05, 3.63) is 123 Å². The molecule has 0 aliphatic heterocycles. The molecule has 1 aliphatic rings. The molecule has 1 aliphatic carbocycles. The SMILES string of the molecule is CN(C)Cc1c(-c2ccc(NC(=O)NC3CC3)cc2)sc2c1c(=O)n(-c1ccc(-n3cccn3)nc1)c(=O)n2Cc1c(F)cccc1F. The molecular formula is C34H30F2N8O3S. The molecular weight excluding hydrogens is 638 g/mol. The summed E-state index contributed by atoms with van der Waals surface area (Å²) in [4.78, 5) is 48.2. The zero-order valence-corrected chi connectivity index (χ0v) is 26.8. The van der Waals surface area contributed by atoms with Gasteiger partial charge in [-0.3, -0.25) is 9.36 Å². The smallest absolute Gasteiger partial charge is 0.335 e. The van der Waals surface area contributed by atoms with Gasteiger partial charge in [0, 0.05) is 41.1 Å². The number of carbonyl (C=O) groups excluding carboxylic acids is 1. The Morgan fingerprint density at radius 3 is 2.38 bits per heavy atom. The van der Waals surface area contributed by atoms with Crippen molar-refractivity contribution in [2.24, 2.45) is 0 Å². The van der Waals surface area contributed by atoms with Gasteiger partial charge in [0.15, 0.2) is 5.82 Å². The normalized spacial score (nSPS) is 12.9. The molecule has 0 spiro atoms. The van der Waals surface area contributed by atoms with Gasteiger partial charge in [-0.1, -0.05) is 18.2 Å². The monoisotopic (exact) mass is 668 g/mol. The lowest BCUT2D eigenvalue weighted by Gasteiger charge is -2.15. The maximum atomic E-state index is 15.0. The molecule has 0 unspecified atom stereocenters. The van der Waals surface area contributed by atoms with Gasteiger partial charge in [0.25, 0.3) is 5.56 Å². The molecule has 11 nitrogen and oxygen atoms in total. The molecule has 4 aromatic heterocycles. The predicted octanol–water partition coefficient (Wildman–Crippen LogP) is 5.13. The van der Waals surface area contributed by atoms with Crippen LogP contribution in [0.25, 0.3) is 32.2 Å². The van der Waals surface area contributed by atoms with Crippen LogP contribution < -0.4 is 21.9 Å². The molecule has 7 rings (SSSR count). The van der Waals surface area contributed by atoms with Crippen molar-refractivity contribution < 1.29 is 13.6 Å². The van der Waals surface area contributed by atoms with Gasteiger partial charge in [-0.25, -0.2) is 32.6 Å². The van der Waals surface area contributed by atoms with Crippen LogP contribution in [0.1, 0.15) is 24.0 Å². The van der Waals surface area contributed by atoms with Crippen LogP contribution >= 0.6 is 11.3 Å². The minimum absolute atomic E-state index is 0.189. The Morgan fingerprint density at radius 1 is 1.00 bits per heavy atom. The Bertz CT molecular complexity index is 2240. The number of nitrogens with one attached hydrogen (secondary N) is 2. The van der Waals surface area contributed by atoms with E-state index < -0.39 is 29.4 Å². The zero-order chi connectivity index (χ0) is 33.5. The van der Waals surface area contributed by atoms with Crippen molar-refractivity contribution >= 4 is 33.3 Å². The molecule has 0 bridgehead atoms. The maximum absolute atomic E-state index is 15.0. The third-order valence-corrected chi connectivity index (χ3v) is 9.28. The van der Waals surface area contributed by atoms with E-state index in [1.807, 2.05) is 31.1 Å². The van der Waals surface area contributed by atoms with E-state index >= 15 is 0 Å². The number of hydrogen-bond acceptors (Lipinski definition) is 7. The number of nitrogens with zero attached hydrogens (tertiary/aromatic N) is 6. The Kier molecular flexibility index (Phi) is 8.19. The largest absolute Gasteiger partial charge is 0.337 e. The number of fused-ring (bicyclic) bond motifs is 1. The van der Waals surface area contributed by atoms with Gasteiger partial charge < -0.3 is 15.5 Å². The average molecular weight is 669 g/mol. The predicted molar refractivity (Wildman–Crippen MR) is 180 cm³/mol. The van der Waals surface area contributed by atoms with Crippen LogP contribution in [0.2, 0.25) is 0 Å². The van der Waals surface area contributed by atoms with Crippen molar-refractivity contribution in [1.29, 1.82) is 0 Å². The highest BCUT2D eigenvalue weighted by atomic mass is 32.1. The molecule has 2 amide bonds. The quantitative estimate of drug-likeness (QED) is 0.221. The first-order valence-electron chi connectivity index (χ1n) is 15.2. The summed E-state index contributed by atoms with van der Waals surface area (Å²) in [5.74, 6) is -1.14. The summed E-state index contributed by atoms with van der Waals surface area (Å²) in [5, 5.41) is 10.1. The average Bonchev–Trinajstić information content (AvgIpc) is 3.54. The van der Waals surface area contributed by atoms with Crippen LogP contribution in [0.3, 0.4) is 0 Å². The summed E-state index contributed by atoms with van der Waals surface area (Å²) in [7, 11) is 3.72. The van der Waals surface area contributed by atoms with E-state index in [0.29, 0.717) is 28.5 Å². The Morgan fingerprint density at radius 2 is 1.75 bits per heavy atom. The second kappa shape index (κ2) is 12.6. The van der Waals surface area contributed by atoms with Crippen LogP contribution in [-0.2, 0) is 13.1 Å². The first kappa shape index (κ1) is 31.1. The fourth-order valence-corrected chi connectivity index (χ4v) is 6.82. The standard InChI is InChI=1S/C34H30F2N8O3S/c1-41(2)18-25-29-31(45)44(23-13-14-28(37-17-23)43-16-4-15-38-43)34(47)42(19-24-26(35)5-3-6-27(24)36)32(29)48-30(25)20-7-9-21(10-8-20)39-33(46)40-22-11-12-22/h3-10,13-17,22H,11-12,18-19H2,1-2H3,(H2,39,40,46). The van der Waals surface area contributed by atoms with E-state index in [-0.39, 0.29) is 33.5 Å².